The molecule has 0 aliphatic heterocycles. The molecule has 12 heteroatoms. The molecule has 9 nitrogen and oxygen atoms in total. The van der Waals surface area contributed by atoms with E-state index in [4.69, 9.17) is 20.4 Å². The van der Waals surface area contributed by atoms with Crippen molar-refractivity contribution in [2.24, 2.45) is 0 Å². The Labute approximate surface area is 196 Å². The Morgan fingerprint density at radius 1 is 0.789 bits per heavy atom. The molecule has 0 saturated carbocycles. The fourth-order valence-electron chi connectivity index (χ4n) is 0.985. The van der Waals surface area contributed by atoms with E-state index in [0.717, 1.165) is 0 Å². The zero-order valence-corrected chi connectivity index (χ0v) is 7.74. The molecule has 0 radical (unpaired) electrons. The second-order valence-electron chi connectivity index (χ2n) is 2.81. The third-order valence-electron chi connectivity index (χ3n) is 1.55. The van der Waals surface area contributed by atoms with E-state index in [1.165, 1.54) is 0 Å². The first-order valence-corrected chi connectivity index (χ1v) is 3.78. The number of aliphatic carboxylic acids is 3. The summed E-state index contributed by atoms with van der Waals surface area (Å²) in [6.45, 7) is 0. The Hall–Kier alpha value is 1.46. The van der Waals surface area contributed by atoms with Crippen LogP contribution in [0.15, 0.2) is 0 Å². The zero-order valence-electron chi connectivity index (χ0n) is 7.74. The van der Waals surface area contributed by atoms with Crippen molar-refractivity contribution in [3.8, 4) is 0 Å². The SMILES string of the molecule is O=C(O)CC(CC(=O)O)(OC(=O)O)C(=O)O.[CaH2].[CaH2].[CaH2]. The number of hydrogen-bond donors (Lipinski definition) is 4. The Morgan fingerprint density at radius 2 is 1.11 bits per heavy atom. The molecular formula is C7H14Ca3O9. The second-order valence-corrected chi connectivity index (χ2v) is 2.81. The molecule has 0 aromatic rings. The van der Waals surface area contributed by atoms with Gasteiger partial charge in [0.1, 0.15) is 0 Å². The topological polar surface area (TPSA) is 158 Å². The zero-order chi connectivity index (χ0) is 12.9. The van der Waals surface area contributed by atoms with Gasteiger partial charge in [0.2, 0.25) is 5.60 Å². The van der Waals surface area contributed by atoms with Gasteiger partial charge in [0, 0.05) is 0 Å². The molecule has 0 saturated heterocycles. The summed E-state index contributed by atoms with van der Waals surface area (Å²) < 4.78 is 3.88. The molecule has 0 aromatic heterocycles. The molecule has 0 fully saturated rings. The number of carbonyl (C=O) groups is 4. The molecule has 0 amide bonds. The van der Waals surface area contributed by atoms with Gasteiger partial charge in [-0.25, -0.2) is 9.59 Å². The average molecular weight is 362 g/mol. The molecule has 102 valence electrons. The van der Waals surface area contributed by atoms with Gasteiger partial charge in [-0.05, 0) is 0 Å². The van der Waals surface area contributed by atoms with Crippen molar-refractivity contribution in [1.29, 1.82) is 0 Å². The van der Waals surface area contributed by atoms with Gasteiger partial charge in [0.05, 0.1) is 12.8 Å². The summed E-state index contributed by atoms with van der Waals surface area (Å²) in [7, 11) is 0. The molecule has 0 atom stereocenters. The predicted octanol–water partition coefficient (Wildman–Crippen LogP) is -3.29. The van der Waals surface area contributed by atoms with Crippen molar-refractivity contribution in [3.63, 3.8) is 0 Å². The molecule has 0 spiro atoms. The van der Waals surface area contributed by atoms with Crippen LogP contribution in [0.2, 0.25) is 0 Å². The second kappa shape index (κ2) is 13.1. The standard InChI is InChI=1S/C7H8O9.3Ca.6H/c8-3(9)1-7(5(12)13,2-4(10)11)16-6(14)15;;;;;;;;;/h1-2H2,(H,8,9)(H,10,11)(H,12,13)(H,14,15);;;;;;;;;. The fourth-order valence-corrected chi connectivity index (χ4v) is 0.985. The van der Waals surface area contributed by atoms with Crippen LogP contribution in [0.25, 0.3) is 0 Å². The summed E-state index contributed by atoms with van der Waals surface area (Å²) in [5, 5.41) is 33.7. The van der Waals surface area contributed by atoms with Crippen LogP contribution < -0.4 is 0 Å². The van der Waals surface area contributed by atoms with Crippen LogP contribution in [0.1, 0.15) is 12.8 Å². The van der Waals surface area contributed by atoms with Crippen molar-refractivity contribution in [3.05, 3.63) is 0 Å². The first-order chi connectivity index (χ1) is 7.19. The predicted molar refractivity (Wildman–Crippen MR) is 69.6 cm³/mol. The number of hydrogen-bond acceptors (Lipinski definition) is 5. The van der Waals surface area contributed by atoms with Crippen LogP contribution in [-0.2, 0) is 19.1 Å². The monoisotopic (exact) mass is 362 g/mol. The van der Waals surface area contributed by atoms with Crippen molar-refractivity contribution in [2.45, 2.75) is 18.4 Å². The fraction of sp³-hybridized carbons (Fsp3) is 0.429. The van der Waals surface area contributed by atoms with Gasteiger partial charge in [-0.1, -0.05) is 0 Å². The maximum atomic E-state index is 10.7. The Morgan fingerprint density at radius 3 is 1.26 bits per heavy atom. The van der Waals surface area contributed by atoms with Crippen molar-refractivity contribution >= 4 is 137 Å². The summed E-state index contributed by atoms with van der Waals surface area (Å²) in [5.74, 6) is -5.35. The van der Waals surface area contributed by atoms with Gasteiger partial charge in [-0.2, -0.15) is 0 Å². The summed E-state index contributed by atoms with van der Waals surface area (Å²) in [4.78, 5) is 41.6. The van der Waals surface area contributed by atoms with E-state index in [9.17, 15) is 19.2 Å². The van der Waals surface area contributed by atoms with E-state index in [2.05, 4.69) is 4.74 Å². The summed E-state index contributed by atoms with van der Waals surface area (Å²) in [6, 6.07) is 0. The summed E-state index contributed by atoms with van der Waals surface area (Å²) >= 11 is 0. The third-order valence-corrected chi connectivity index (χ3v) is 1.55. The number of ether oxygens (including phenoxy) is 1. The van der Waals surface area contributed by atoms with Crippen molar-refractivity contribution < 1.29 is 44.3 Å². The molecule has 0 bridgehead atoms. The molecule has 4 N–H and O–H groups in total. The van der Waals surface area contributed by atoms with Crippen LogP contribution >= 0.6 is 0 Å². The van der Waals surface area contributed by atoms with E-state index in [-0.39, 0.29) is 113 Å². The van der Waals surface area contributed by atoms with Crippen LogP contribution in [0.4, 0.5) is 4.79 Å². The summed E-state index contributed by atoms with van der Waals surface area (Å²) in [6.07, 6.45) is -4.62. The maximum absolute atomic E-state index is 10.7. The number of carboxylic acids is 3. The van der Waals surface area contributed by atoms with E-state index in [1.807, 2.05) is 0 Å². The molecule has 0 aliphatic carbocycles. The Kier molecular flexibility index (Phi) is 19.8. The van der Waals surface area contributed by atoms with Crippen LogP contribution in [-0.4, -0.2) is 163 Å². The van der Waals surface area contributed by atoms with Gasteiger partial charge in [0.25, 0.3) is 0 Å². The Bertz CT molecular complexity index is 302. The van der Waals surface area contributed by atoms with Crippen LogP contribution in [0.5, 0.6) is 0 Å². The number of rotatable bonds is 6. The van der Waals surface area contributed by atoms with Gasteiger partial charge < -0.3 is 25.2 Å². The summed E-state index contributed by atoms with van der Waals surface area (Å²) in [5.41, 5.74) is -2.82. The van der Waals surface area contributed by atoms with Crippen molar-refractivity contribution in [1.82, 2.24) is 0 Å². The van der Waals surface area contributed by atoms with Gasteiger partial charge in [0.15, 0.2) is 0 Å². The number of carboxylic acid groups (broad SMARTS) is 4. The quantitative estimate of drug-likeness (QED) is 0.280. The molecule has 0 heterocycles. The molecule has 0 aromatic carbocycles. The minimum atomic E-state index is -2.82. The van der Waals surface area contributed by atoms with Gasteiger partial charge in [-0.3, -0.25) is 9.59 Å². The molecule has 0 unspecified atom stereocenters. The van der Waals surface area contributed by atoms with Crippen LogP contribution in [0.3, 0.4) is 0 Å². The molecule has 0 rings (SSSR count). The minimum absolute atomic E-state index is 0. The van der Waals surface area contributed by atoms with E-state index in [0.29, 0.717) is 0 Å². The van der Waals surface area contributed by atoms with Crippen LogP contribution in [0, 0.1) is 0 Å². The molecular weight excluding hydrogens is 348 g/mol. The normalized spacial score (nSPS) is 8.84. The third kappa shape index (κ3) is 11.8. The van der Waals surface area contributed by atoms with E-state index in [1.54, 1.807) is 0 Å². The molecule has 19 heavy (non-hydrogen) atoms. The van der Waals surface area contributed by atoms with E-state index >= 15 is 0 Å². The van der Waals surface area contributed by atoms with Gasteiger partial charge in [-0.15, -0.1) is 0 Å². The van der Waals surface area contributed by atoms with Gasteiger partial charge >= 0.3 is 137 Å². The van der Waals surface area contributed by atoms with E-state index < -0.39 is 42.5 Å². The first kappa shape index (κ1) is 28.6. The first-order valence-electron chi connectivity index (χ1n) is 3.78. The Balaban J connectivity index is -0.000000375. The van der Waals surface area contributed by atoms with Crippen molar-refractivity contribution in [2.75, 3.05) is 0 Å². The molecule has 0 aliphatic rings. The average Bonchev–Trinajstić information content (AvgIpc) is 1.98.